The van der Waals surface area contributed by atoms with Crippen LogP contribution in [0.5, 0.6) is 5.75 Å². The fourth-order valence-corrected chi connectivity index (χ4v) is 3.61. The second-order valence-electron chi connectivity index (χ2n) is 7.49. The highest BCUT2D eigenvalue weighted by Gasteiger charge is 2.32. The van der Waals surface area contributed by atoms with Gasteiger partial charge >= 0.3 is 0 Å². The SMILES string of the molecule is CN1C(=O)C(NC(=O)/C(N)=C/N(N)Cc2ccccc2)COc2ccc3cnccc3c21. The van der Waals surface area contributed by atoms with Crippen LogP contribution in [0.3, 0.4) is 0 Å². The van der Waals surface area contributed by atoms with Crippen molar-refractivity contribution in [1.29, 1.82) is 0 Å². The number of hydrazine groups is 1. The first-order valence-electron chi connectivity index (χ1n) is 10.0. The van der Waals surface area contributed by atoms with Crippen LogP contribution >= 0.6 is 0 Å². The van der Waals surface area contributed by atoms with E-state index in [0.29, 0.717) is 18.0 Å². The van der Waals surface area contributed by atoms with E-state index in [1.54, 1.807) is 25.5 Å². The third-order valence-electron chi connectivity index (χ3n) is 5.20. The largest absolute Gasteiger partial charge is 0.489 e. The molecule has 1 aromatic heterocycles. The van der Waals surface area contributed by atoms with Crippen molar-refractivity contribution in [2.75, 3.05) is 18.6 Å². The number of nitrogens with zero attached hydrogens (tertiary/aromatic N) is 3. The molecule has 164 valence electrons. The number of nitrogens with two attached hydrogens (primary N) is 2. The lowest BCUT2D eigenvalue weighted by atomic mass is 10.1. The first-order chi connectivity index (χ1) is 15.4. The number of fused-ring (bicyclic) bond motifs is 3. The van der Waals surface area contributed by atoms with E-state index in [0.717, 1.165) is 16.3 Å². The van der Waals surface area contributed by atoms with E-state index >= 15 is 0 Å². The fourth-order valence-electron chi connectivity index (χ4n) is 3.61. The van der Waals surface area contributed by atoms with Crippen LogP contribution in [0.2, 0.25) is 0 Å². The van der Waals surface area contributed by atoms with Gasteiger partial charge < -0.3 is 25.7 Å². The third kappa shape index (κ3) is 4.33. The van der Waals surface area contributed by atoms with Gasteiger partial charge in [0, 0.05) is 36.4 Å². The topological polar surface area (TPSA) is 127 Å². The summed E-state index contributed by atoms with van der Waals surface area (Å²) in [5.41, 5.74) is 7.40. The maximum absolute atomic E-state index is 13.1. The van der Waals surface area contributed by atoms with Gasteiger partial charge in [0.25, 0.3) is 11.8 Å². The Bertz CT molecular complexity index is 1180. The van der Waals surface area contributed by atoms with E-state index in [2.05, 4.69) is 10.3 Å². The summed E-state index contributed by atoms with van der Waals surface area (Å²) < 4.78 is 5.86. The molecule has 2 heterocycles. The van der Waals surface area contributed by atoms with E-state index in [-0.39, 0.29) is 18.2 Å². The normalized spacial score (nSPS) is 16.2. The summed E-state index contributed by atoms with van der Waals surface area (Å²) in [6.07, 6.45) is 4.71. The minimum absolute atomic E-state index is 0.0257. The fraction of sp³-hybridized carbons (Fsp3) is 0.174. The van der Waals surface area contributed by atoms with Crippen LogP contribution in [0.15, 0.2) is 72.8 Å². The van der Waals surface area contributed by atoms with Gasteiger partial charge in [-0.2, -0.15) is 0 Å². The van der Waals surface area contributed by atoms with Crippen LogP contribution in [0, 0.1) is 0 Å². The van der Waals surface area contributed by atoms with E-state index < -0.39 is 11.9 Å². The van der Waals surface area contributed by atoms with Gasteiger partial charge in [0.15, 0.2) is 0 Å². The van der Waals surface area contributed by atoms with Crippen LogP contribution in [0.4, 0.5) is 5.69 Å². The van der Waals surface area contributed by atoms with Crippen molar-refractivity contribution in [1.82, 2.24) is 15.3 Å². The van der Waals surface area contributed by atoms with Gasteiger partial charge in [-0.3, -0.25) is 14.6 Å². The Labute approximate surface area is 185 Å². The van der Waals surface area contributed by atoms with E-state index in [1.165, 1.54) is 16.1 Å². The zero-order valence-corrected chi connectivity index (χ0v) is 17.6. The van der Waals surface area contributed by atoms with E-state index in [9.17, 15) is 9.59 Å². The summed E-state index contributed by atoms with van der Waals surface area (Å²) >= 11 is 0. The molecule has 0 fully saturated rings. The summed E-state index contributed by atoms with van der Waals surface area (Å²) in [5.74, 6) is 5.58. The number of carbonyl (C=O) groups is 2. The minimum Gasteiger partial charge on any atom is -0.489 e. The summed E-state index contributed by atoms with van der Waals surface area (Å²) in [4.78, 5) is 31.3. The van der Waals surface area contributed by atoms with Crippen LogP contribution in [-0.2, 0) is 16.1 Å². The van der Waals surface area contributed by atoms with Crippen molar-refractivity contribution < 1.29 is 14.3 Å². The maximum Gasteiger partial charge on any atom is 0.269 e. The molecule has 32 heavy (non-hydrogen) atoms. The molecule has 3 aromatic rings. The predicted octanol–water partition coefficient (Wildman–Crippen LogP) is 1.25. The molecule has 0 aliphatic carbocycles. The Morgan fingerprint density at radius 1 is 1.28 bits per heavy atom. The van der Waals surface area contributed by atoms with Crippen molar-refractivity contribution in [3.63, 3.8) is 0 Å². The highest BCUT2D eigenvalue weighted by molar-refractivity contribution is 6.09. The lowest BCUT2D eigenvalue weighted by Crippen LogP contribution is -2.50. The summed E-state index contributed by atoms with van der Waals surface area (Å²) in [5, 5.41) is 5.68. The number of anilines is 1. The van der Waals surface area contributed by atoms with Crippen LogP contribution in [0.25, 0.3) is 10.8 Å². The molecule has 0 bridgehead atoms. The second kappa shape index (κ2) is 8.94. The monoisotopic (exact) mass is 432 g/mol. The summed E-state index contributed by atoms with van der Waals surface area (Å²) in [7, 11) is 1.65. The lowest BCUT2D eigenvalue weighted by molar-refractivity contribution is -0.126. The Kier molecular flexibility index (Phi) is 5.91. The molecule has 0 saturated heterocycles. The van der Waals surface area contributed by atoms with Crippen molar-refractivity contribution in [3.05, 3.63) is 78.4 Å². The Balaban J connectivity index is 1.48. The zero-order valence-electron chi connectivity index (χ0n) is 17.6. The van der Waals surface area contributed by atoms with Crippen molar-refractivity contribution in [3.8, 4) is 5.75 Å². The van der Waals surface area contributed by atoms with Gasteiger partial charge in [0.05, 0.1) is 12.2 Å². The van der Waals surface area contributed by atoms with Gasteiger partial charge in [-0.15, -0.1) is 0 Å². The molecule has 1 aliphatic heterocycles. The number of rotatable bonds is 5. The number of pyridine rings is 1. The molecular formula is C23H24N6O3. The van der Waals surface area contributed by atoms with E-state index in [4.69, 9.17) is 16.3 Å². The van der Waals surface area contributed by atoms with Crippen LogP contribution < -0.4 is 26.5 Å². The molecule has 0 saturated carbocycles. The van der Waals surface area contributed by atoms with Gasteiger partial charge in [-0.25, -0.2) is 5.84 Å². The highest BCUT2D eigenvalue weighted by atomic mass is 16.5. The molecule has 1 atom stereocenters. The maximum atomic E-state index is 13.1. The zero-order chi connectivity index (χ0) is 22.7. The van der Waals surface area contributed by atoms with Gasteiger partial charge in [-0.1, -0.05) is 30.3 Å². The number of ether oxygens (including phenoxy) is 1. The van der Waals surface area contributed by atoms with Crippen molar-refractivity contribution >= 4 is 28.3 Å². The first-order valence-corrected chi connectivity index (χ1v) is 10.0. The number of hydrogen-bond acceptors (Lipinski definition) is 7. The van der Waals surface area contributed by atoms with E-state index in [1.807, 2.05) is 42.5 Å². The number of aromatic nitrogens is 1. The molecule has 9 nitrogen and oxygen atoms in total. The lowest BCUT2D eigenvalue weighted by Gasteiger charge is -2.22. The standard InChI is InChI=1S/C23H24N6O3/c1-28-21-17-9-10-26-11-16(17)7-8-20(21)32-14-19(23(28)31)27-22(30)18(24)13-29(25)12-15-5-3-2-4-6-15/h2-11,13,19H,12,14,24-25H2,1H3,(H,27,30)/b18-13-. The molecule has 2 aromatic carbocycles. The van der Waals surface area contributed by atoms with Gasteiger partial charge in [0.1, 0.15) is 24.1 Å². The Morgan fingerprint density at radius 3 is 2.84 bits per heavy atom. The molecule has 1 aliphatic rings. The average molecular weight is 432 g/mol. The number of hydrogen-bond donors (Lipinski definition) is 3. The van der Waals surface area contributed by atoms with Crippen LogP contribution in [0.1, 0.15) is 5.56 Å². The molecular weight excluding hydrogens is 408 g/mol. The number of carbonyl (C=O) groups excluding carboxylic acids is 2. The molecule has 0 radical (unpaired) electrons. The predicted molar refractivity (Wildman–Crippen MR) is 121 cm³/mol. The molecule has 1 unspecified atom stereocenters. The van der Waals surface area contributed by atoms with Crippen molar-refractivity contribution in [2.24, 2.45) is 11.6 Å². The second-order valence-corrected chi connectivity index (χ2v) is 7.49. The highest BCUT2D eigenvalue weighted by Crippen LogP contribution is 2.37. The van der Waals surface area contributed by atoms with Crippen LogP contribution in [-0.4, -0.2) is 41.5 Å². The Hall–Kier alpha value is -4.11. The third-order valence-corrected chi connectivity index (χ3v) is 5.20. The number of nitrogens with one attached hydrogen (secondary N) is 1. The molecule has 9 heteroatoms. The number of likely N-dealkylation sites (N-methyl/N-ethyl adjacent to an activating group) is 1. The summed E-state index contributed by atoms with van der Waals surface area (Å²) in [6.45, 7) is 0.350. The first kappa shape index (κ1) is 21.1. The number of amides is 2. The molecule has 0 spiro atoms. The Morgan fingerprint density at radius 2 is 2.06 bits per heavy atom. The molecule has 4 rings (SSSR count). The van der Waals surface area contributed by atoms with Gasteiger partial charge in [-0.05, 0) is 23.8 Å². The molecule has 5 N–H and O–H groups in total. The number of benzene rings is 2. The minimum atomic E-state index is -0.913. The average Bonchev–Trinajstić information content (AvgIpc) is 2.91. The molecule has 2 amide bonds. The quantitative estimate of drug-likeness (QED) is 0.315. The summed E-state index contributed by atoms with van der Waals surface area (Å²) in [6, 6.07) is 14.1. The smallest absolute Gasteiger partial charge is 0.269 e. The van der Waals surface area contributed by atoms with Gasteiger partial charge in [0.2, 0.25) is 0 Å². The van der Waals surface area contributed by atoms with Crippen molar-refractivity contribution in [2.45, 2.75) is 12.6 Å².